The van der Waals surface area contributed by atoms with Gasteiger partial charge in [0.15, 0.2) is 5.78 Å². The molecule has 60 heavy (non-hydrogen) atoms. The normalized spacial score (nSPS) is 11.6. The van der Waals surface area contributed by atoms with Crippen LogP contribution in [0.2, 0.25) is 0 Å². The van der Waals surface area contributed by atoms with E-state index in [1.165, 1.54) is 0 Å². The lowest BCUT2D eigenvalue weighted by Crippen LogP contribution is -2.46. The molecule has 0 aliphatic rings. The molecule has 336 valence electrons. The summed E-state index contributed by atoms with van der Waals surface area (Å²) >= 11 is 0. The Bertz CT molecular complexity index is 1550. The average Bonchev–Trinajstić information content (AvgIpc) is 3.68. The number of benzene rings is 1. The minimum Gasteiger partial charge on any atom is -0.481 e. The number of hydrogen-bond acceptors (Lipinski definition) is 12. The number of Topliss-reactive ketones (excluding diaryl/α,β-unsaturated/α-hetero) is 1. The Morgan fingerprint density at radius 2 is 1.33 bits per heavy atom. The zero-order valence-electron chi connectivity index (χ0n) is 35.1. The van der Waals surface area contributed by atoms with Gasteiger partial charge in [-0.2, -0.15) is 0 Å². The number of aromatic nitrogens is 3. The van der Waals surface area contributed by atoms with E-state index in [9.17, 15) is 33.9 Å². The maximum absolute atomic E-state index is 12.7. The summed E-state index contributed by atoms with van der Waals surface area (Å²) in [5.41, 5.74) is 1.92. The maximum Gasteiger partial charge on any atom is 0.326 e. The second-order valence-electron chi connectivity index (χ2n) is 14.3. The lowest BCUT2D eigenvalue weighted by Gasteiger charge is -2.15. The number of amides is 4. The first-order valence-electron chi connectivity index (χ1n) is 20.9. The molecule has 19 heteroatoms. The van der Waals surface area contributed by atoms with E-state index in [-0.39, 0.29) is 56.1 Å². The van der Waals surface area contributed by atoms with Crippen molar-refractivity contribution < 1.29 is 57.9 Å². The van der Waals surface area contributed by atoms with Gasteiger partial charge in [0, 0.05) is 56.3 Å². The van der Waals surface area contributed by atoms with Crippen LogP contribution in [0.25, 0.3) is 0 Å². The number of urea groups is 1. The molecule has 0 unspecified atom stereocenters. The van der Waals surface area contributed by atoms with Crippen molar-refractivity contribution in [1.29, 1.82) is 0 Å². The number of nitrogens with one attached hydrogen (secondary N) is 4. The zero-order valence-corrected chi connectivity index (χ0v) is 35.1. The van der Waals surface area contributed by atoms with Crippen LogP contribution < -0.4 is 21.3 Å². The third-order valence-electron chi connectivity index (χ3n) is 8.87. The highest BCUT2D eigenvalue weighted by atomic mass is 16.5. The minimum atomic E-state index is -1.14. The van der Waals surface area contributed by atoms with Crippen LogP contribution in [0.1, 0.15) is 111 Å². The van der Waals surface area contributed by atoms with Gasteiger partial charge < -0.3 is 50.4 Å². The lowest BCUT2D eigenvalue weighted by molar-refractivity contribution is -0.139. The van der Waals surface area contributed by atoms with E-state index in [1.54, 1.807) is 28.9 Å². The average molecular weight is 848 g/mol. The number of hydrogen-bond donors (Lipinski definition) is 6. The first kappa shape index (κ1) is 51.2. The summed E-state index contributed by atoms with van der Waals surface area (Å²) in [5, 5.41) is 36.9. The van der Waals surface area contributed by atoms with Crippen molar-refractivity contribution in [3.8, 4) is 0 Å². The van der Waals surface area contributed by atoms with Crippen LogP contribution in [0.5, 0.6) is 0 Å². The molecule has 0 fully saturated rings. The smallest absolute Gasteiger partial charge is 0.326 e. The van der Waals surface area contributed by atoms with E-state index in [0.29, 0.717) is 89.7 Å². The summed E-state index contributed by atoms with van der Waals surface area (Å²) in [5.74, 6) is -2.48. The van der Waals surface area contributed by atoms with Crippen LogP contribution in [0, 0.1) is 0 Å². The summed E-state index contributed by atoms with van der Waals surface area (Å²) < 4.78 is 23.3. The number of carbonyl (C=O) groups is 6. The van der Waals surface area contributed by atoms with Crippen molar-refractivity contribution in [1.82, 2.24) is 36.3 Å². The first-order valence-corrected chi connectivity index (χ1v) is 20.9. The fourth-order valence-electron chi connectivity index (χ4n) is 5.60. The number of carbonyl (C=O) groups excluding carboxylic acids is 4. The number of carboxylic acids is 2. The summed E-state index contributed by atoms with van der Waals surface area (Å²) in [6.07, 6.45) is 9.37. The monoisotopic (exact) mass is 847 g/mol. The summed E-state index contributed by atoms with van der Waals surface area (Å²) in [4.78, 5) is 70.7. The number of rotatable bonds is 36. The fraction of sp³-hybridized carbons (Fsp3) is 0.659. The zero-order chi connectivity index (χ0) is 43.8. The Morgan fingerprint density at radius 1 is 0.700 bits per heavy atom. The third-order valence-corrected chi connectivity index (χ3v) is 8.87. The molecular formula is C41H65N7O12. The van der Waals surface area contributed by atoms with Crippen molar-refractivity contribution in [3.63, 3.8) is 0 Å². The molecule has 2 aromatic rings. The van der Waals surface area contributed by atoms with Gasteiger partial charge in [0.1, 0.15) is 12.6 Å². The van der Waals surface area contributed by atoms with E-state index in [2.05, 4.69) is 31.6 Å². The molecule has 1 atom stereocenters. The van der Waals surface area contributed by atoms with Gasteiger partial charge in [0.05, 0.1) is 51.4 Å². The van der Waals surface area contributed by atoms with Gasteiger partial charge in [-0.3, -0.25) is 23.9 Å². The number of aliphatic carboxylic acids is 2. The number of aryl methyl sites for hydroxylation is 2. The van der Waals surface area contributed by atoms with Crippen molar-refractivity contribution in [2.75, 3.05) is 65.9 Å². The molecule has 0 saturated carbocycles. The molecule has 2 rings (SSSR count). The molecular weight excluding hydrogens is 782 g/mol. The first-order chi connectivity index (χ1) is 28.9. The van der Waals surface area contributed by atoms with Gasteiger partial charge in [-0.15, -0.1) is 5.10 Å². The lowest BCUT2D eigenvalue weighted by atomic mass is 10.0. The molecule has 0 saturated heterocycles. The van der Waals surface area contributed by atoms with Crippen LogP contribution in [-0.2, 0) is 46.3 Å². The second-order valence-corrected chi connectivity index (χ2v) is 14.3. The number of ether oxygens (including phenoxy) is 4. The van der Waals surface area contributed by atoms with Crippen molar-refractivity contribution in [2.45, 2.75) is 110 Å². The SMILES string of the molecule is CC(C)OCC(=O)NCCOCCOCCOCCNC(=O)c1ccc(C(=O)CCCCCCCc2cn(CCCC[C@H](NC(=O)NCCCC(=O)O)C(=O)O)nn2)cc1. The Labute approximate surface area is 352 Å². The summed E-state index contributed by atoms with van der Waals surface area (Å²) in [6.45, 7) is 7.48. The third kappa shape index (κ3) is 25.5. The number of ketones is 1. The van der Waals surface area contributed by atoms with Crippen molar-refractivity contribution >= 4 is 35.6 Å². The van der Waals surface area contributed by atoms with Crippen LogP contribution in [0.3, 0.4) is 0 Å². The molecule has 0 radical (unpaired) electrons. The standard InChI is InChI=1S/C41H65N7O12/c1-31(2)60-30-37(50)42-20-23-57-25-27-59-28-26-58-24-21-43-39(53)33-17-15-32(16-18-33)36(49)13-7-5-3-4-6-11-34-29-48(47-46-34)22-9-8-12-35(40(54)55)45-41(56)44-19-10-14-38(51)52/h15-18,29,31,35H,3-14,19-28,30H2,1-2H3,(H,42,50)(H,43,53)(H,51,52)(H,54,55)(H2,44,45,56)/t35-/m0/s1. The molecule has 1 heterocycles. The van der Waals surface area contributed by atoms with Crippen LogP contribution >= 0.6 is 0 Å². The highest BCUT2D eigenvalue weighted by Gasteiger charge is 2.19. The van der Waals surface area contributed by atoms with E-state index >= 15 is 0 Å². The molecule has 0 bridgehead atoms. The highest BCUT2D eigenvalue weighted by Crippen LogP contribution is 2.13. The number of carboxylic acid groups (broad SMARTS) is 2. The quantitative estimate of drug-likeness (QED) is 0.0426. The Morgan fingerprint density at radius 3 is 2.00 bits per heavy atom. The maximum atomic E-state index is 12.7. The van der Waals surface area contributed by atoms with Gasteiger partial charge in [-0.05, 0) is 70.9 Å². The molecule has 1 aromatic heterocycles. The largest absolute Gasteiger partial charge is 0.481 e. The molecule has 4 amide bonds. The molecule has 0 aliphatic heterocycles. The molecule has 19 nitrogen and oxygen atoms in total. The topological polar surface area (TPSA) is 259 Å². The van der Waals surface area contributed by atoms with Gasteiger partial charge >= 0.3 is 18.0 Å². The molecule has 1 aromatic carbocycles. The summed E-state index contributed by atoms with van der Waals surface area (Å²) in [7, 11) is 0. The van der Waals surface area contributed by atoms with Crippen molar-refractivity contribution in [2.24, 2.45) is 0 Å². The van der Waals surface area contributed by atoms with Gasteiger partial charge in [0.25, 0.3) is 5.91 Å². The Hall–Kier alpha value is -4.98. The minimum absolute atomic E-state index is 0.00438. The van der Waals surface area contributed by atoms with Gasteiger partial charge in [-0.25, -0.2) is 9.59 Å². The van der Waals surface area contributed by atoms with Gasteiger partial charge in [0.2, 0.25) is 5.91 Å². The van der Waals surface area contributed by atoms with Crippen LogP contribution in [-0.4, -0.2) is 139 Å². The highest BCUT2D eigenvalue weighted by molar-refractivity contribution is 5.98. The van der Waals surface area contributed by atoms with E-state index in [4.69, 9.17) is 24.1 Å². The van der Waals surface area contributed by atoms with Crippen LogP contribution in [0.15, 0.2) is 30.5 Å². The predicted octanol–water partition coefficient (Wildman–Crippen LogP) is 3.15. The Balaban J connectivity index is 1.45. The molecule has 0 aliphatic carbocycles. The fourth-order valence-corrected chi connectivity index (χ4v) is 5.60. The Kier molecular flexibility index (Phi) is 27.2. The number of nitrogens with zero attached hydrogens (tertiary/aromatic N) is 3. The molecule has 0 spiro atoms. The second kappa shape index (κ2) is 31.9. The summed E-state index contributed by atoms with van der Waals surface area (Å²) in [6, 6.07) is 4.98. The van der Waals surface area contributed by atoms with Crippen molar-refractivity contribution in [3.05, 3.63) is 47.3 Å². The van der Waals surface area contributed by atoms with Gasteiger partial charge in [-0.1, -0.05) is 36.6 Å². The van der Waals surface area contributed by atoms with Crippen LogP contribution in [0.4, 0.5) is 4.79 Å². The van der Waals surface area contributed by atoms with E-state index in [0.717, 1.165) is 44.2 Å². The van der Waals surface area contributed by atoms with E-state index < -0.39 is 24.0 Å². The van der Waals surface area contributed by atoms with E-state index in [1.807, 2.05) is 20.0 Å². The predicted molar refractivity (Wildman–Crippen MR) is 220 cm³/mol. The molecule has 6 N–H and O–H groups in total. The number of unbranched alkanes of at least 4 members (excludes halogenated alkanes) is 5.